The van der Waals surface area contributed by atoms with Crippen LogP contribution in [0.3, 0.4) is 0 Å². The normalized spacial score (nSPS) is 18.1. The van der Waals surface area contributed by atoms with Crippen LogP contribution in [0.5, 0.6) is 0 Å². The summed E-state index contributed by atoms with van der Waals surface area (Å²) in [6.45, 7) is 5.16. The van der Waals surface area contributed by atoms with Crippen LogP contribution in [0, 0.1) is 5.41 Å². The summed E-state index contributed by atoms with van der Waals surface area (Å²) in [6.07, 6.45) is 5.96. The van der Waals surface area contributed by atoms with Crippen molar-refractivity contribution in [2.45, 2.75) is 52.5 Å². The van der Waals surface area contributed by atoms with Gasteiger partial charge in [-0.15, -0.1) is 0 Å². The monoisotopic (exact) mass is 318 g/mol. The Bertz CT molecular complexity index is 391. The Kier molecular flexibility index (Phi) is 4.19. The summed E-state index contributed by atoms with van der Waals surface area (Å²) in [6, 6.07) is 0. The fraction of sp³-hybridized carbons (Fsp3) is 0.769. The van der Waals surface area contributed by atoms with Crippen LogP contribution >= 0.6 is 27.5 Å². The number of aromatic nitrogens is 2. The van der Waals surface area contributed by atoms with E-state index < -0.39 is 0 Å². The molecule has 1 heterocycles. The molecule has 1 aliphatic rings. The van der Waals surface area contributed by atoms with Crippen molar-refractivity contribution < 1.29 is 0 Å². The van der Waals surface area contributed by atoms with E-state index in [0.29, 0.717) is 5.41 Å². The zero-order chi connectivity index (χ0) is 12.5. The third-order valence-electron chi connectivity index (χ3n) is 3.93. The lowest BCUT2D eigenvalue weighted by atomic mass is 9.67. The summed E-state index contributed by atoms with van der Waals surface area (Å²) >= 11 is 10.1. The Morgan fingerprint density at radius 3 is 2.53 bits per heavy atom. The first kappa shape index (κ1) is 13.4. The quantitative estimate of drug-likeness (QED) is 0.743. The van der Waals surface area contributed by atoms with E-state index in [4.69, 9.17) is 11.6 Å². The minimum Gasteiger partial charge on any atom is -0.268 e. The van der Waals surface area contributed by atoms with Crippen LogP contribution in [0.25, 0.3) is 0 Å². The summed E-state index contributed by atoms with van der Waals surface area (Å²) in [5.41, 5.74) is 2.72. The van der Waals surface area contributed by atoms with E-state index in [9.17, 15) is 0 Å². The van der Waals surface area contributed by atoms with E-state index in [2.05, 4.69) is 39.6 Å². The highest BCUT2D eigenvalue weighted by Gasteiger charge is 2.37. The number of hydrogen-bond donors (Lipinski definition) is 0. The molecule has 0 unspecified atom stereocenters. The van der Waals surface area contributed by atoms with E-state index in [-0.39, 0.29) is 0 Å². The molecule has 1 saturated carbocycles. The SMILES string of the molecule is CCc1nn(CC)c(CC2(CBr)CCC2)c1Cl. The van der Waals surface area contributed by atoms with Crippen molar-refractivity contribution in [3.05, 3.63) is 16.4 Å². The second kappa shape index (κ2) is 5.31. The van der Waals surface area contributed by atoms with Crippen molar-refractivity contribution in [1.29, 1.82) is 0 Å². The highest BCUT2D eigenvalue weighted by Crippen LogP contribution is 2.46. The molecule has 4 heteroatoms. The zero-order valence-corrected chi connectivity index (χ0v) is 12.9. The standard InChI is InChI=1S/C13H20BrClN2/c1-3-10-12(15)11(17(4-2)16-10)8-13(9-14)6-5-7-13/h3-9H2,1-2H3. The van der Waals surface area contributed by atoms with E-state index in [1.807, 2.05) is 0 Å². The van der Waals surface area contributed by atoms with Gasteiger partial charge in [-0.2, -0.15) is 5.10 Å². The maximum absolute atomic E-state index is 6.45. The van der Waals surface area contributed by atoms with E-state index in [0.717, 1.165) is 35.4 Å². The number of aryl methyl sites for hydroxylation is 2. The molecular weight excluding hydrogens is 300 g/mol. The maximum Gasteiger partial charge on any atom is 0.0850 e. The van der Waals surface area contributed by atoms with Gasteiger partial charge >= 0.3 is 0 Å². The average Bonchev–Trinajstić information content (AvgIpc) is 2.60. The van der Waals surface area contributed by atoms with Gasteiger partial charge in [0.1, 0.15) is 0 Å². The average molecular weight is 320 g/mol. The number of halogens is 2. The van der Waals surface area contributed by atoms with Gasteiger partial charge in [0.15, 0.2) is 0 Å². The lowest BCUT2D eigenvalue weighted by Gasteiger charge is -2.40. The first-order chi connectivity index (χ1) is 8.15. The van der Waals surface area contributed by atoms with Gasteiger partial charge in [-0.25, -0.2) is 0 Å². The van der Waals surface area contributed by atoms with Crippen LogP contribution in [0.15, 0.2) is 0 Å². The summed E-state index contributed by atoms with van der Waals surface area (Å²) in [5.74, 6) is 0. The molecule has 0 aromatic carbocycles. The highest BCUT2D eigenvalue weighted by atomic mass is 79.9. The molecule has 0 amide bonds. The van der Waals surface area contributed by atoms with Gasteiger partial charge in [0, 0.05) is 11.9 Å². The topological polar surface area (TPSA) is 17.8 Å². The van der Waals surface area contributed by atoms with Crippen molar-refractivity contribution in [3.8, 4) is 0 Å². The summed E-state index contributed by atoms with van der Waals surface area (Å²) < 4.78 is 2.09. The molecule has 1 aliphatic carbocycles. The lowest BCUT2D eigenvalue weighted by molar-refractivity contribution is 0.166. The third-order valence-corrected chi connectivity index (χ3v) is 5.56. The number of alkyl halides is 1. The van der Waals surface area contributed by atoms with Crippen molar-refractivity contribution in [1.82, 2.24) is 9.78 Å². The second-order valence-electron chi connectivity index (χ2n) is 5.04. The van der Waals surface area contributed by atoms with Crippen molar-refractivity contribution in [3.63, 3.8) is 0 Å². The minimum atomic E-state index is 0.432. The predicted octanol–water partition coefficient (Wildman–Crippen LogP) is 4.23. The highest BCUT2D eigenvalue weighted by molar-refractivity contribution is 9.09. The molecule has 0 saturated heterocycles. The largest absolute Gasteiger partial charge is 0.268 e. The molecule has 1 fully saturated rings. The fourth-order valence-corrected chi connectivity index (χ4v) is 3.67. The molecule has 17 heavy (non-hydrogen) atoms. The van der Waals surface area contributed by atoms with Gasteiger partial charge in [0.05, 0.1) is 16.4 Å². The first-order valence-electron chi connectivity index (χ1n) is 6.46. The van der Waals surface area contributed by atoms with Gasteiger partial charge in [-0.3, -0.25) is 4.68 Å². The summed E-state index contributed by atoms with van der Waals surface area (Å²) in [7, 11) is 0. The Balaban J connectivity index is 2.27. The van der Waals surface area contributed by atoms with E-state index in [1.165, 1.54) is 25.0 Å². The Labute approximate surface area is 117 Å². The van der Waals surface area contributed by atoms with Crippen LogP contribution < -0.4 is 0 Å². The van der Waals surface area contributed by atoms with Crippen molar-refractivity contribution in [2.24, 2.45) is 5.41 Å². The molecule has 96 valence electrons. The van der Waals surface area contributed by atoms with Gasteiger partial charge in [-0.05, 0) is 38.0 Å². The number of hydrogen-bond acceptors (Lipinski definition) is 1. The number of nitrogens with zero attached hydrogens (tertiary/aromatic N) is 2. The summed E-state index contributed by atoms with van der Waals surface area (Å²) in [4.78, 5) is 0. The Hall–Kier alpha value is -0.0200. The third kappa shape index (κ3) is 2.41. The van der Waals surface area contributed by atoms with Gasteiger partial charge in [0.2, 0.25) is 0 Å². The molecule has 2 nitrogen and oxygen atoms in total. The second-order valence-corrected chi connectivity index (χ2v) is 5.98. The smallest absolute Gasteiger partial charge is 0.0850 e. The zero-order valence-electron chi connectivity index (χ0n) is 10.6. The lowest BCUT2D eigenvalue weighted by Crippen LogP contribution is -2.34. The predicted molar refractivity (Wildman–Crippen MR) is 76.1 cm³/mol. The molecule has 0 N–H and O–H groups in total. The molecule has 0 bridgehead atoms. The van der Waals surface area contributed by atoms with E-state index >= 15 is 0 Å². The Morgan fingerprint density at radius 2 is 2.12 bits per heavy atom. The van der Waals surface area contributed by atoms with Crippen LogP contribution in [-0.4, -0.2) is 15.1 Å². The Morgan fingerprint density at radius 1 is 1.41 bits per heavy atom. The molecule has 1 aromatic rings. The van der Waals surface area contributed by atoms with Crippen molar-refractivity contribution in [2.75, 3.05) is 5.33 Å². The van der Waals surface area contributed by atoms with Crippen LogP contribution in [0.4, 0.5) is 0 Å². The molecule has 0 atom stereocenters. The van der Waals surface area contributed by atoms with E-state index in [1.54, 1.807) is 0 Å². The molecule has 2 rings (SSSR count). The molecule has 0 aliphatic heterocycles. The maximum atomic E-state index is 6.45. The fourth-order valence-electron chi connectivity index (χ4n) is 2.58. The molecule has 0 radical (unpaired) electrons. The van der Waals surface area contributed by atoms with Gasteiger partial charge in [-0.1, -0.05) is 40.9 Å². The molecule has 1 aromatic heterocycles. The van der Waals surface area contributed by atoms with Crippen molar-refractivity contribution >= 4 is 27.5 Å². The van der Waals surface area contributed by atoms with Crippen LogP contribution in [0.2, 0.25) is 5.02 Å². The molecular formula is C13H20BrClN2. The minimum absolute atomic E-state index is 0.432. The first-order valence-corrected chi connectivity index (χ1v) is 7.95. The molecule has 0 spiro atoms. The number of rotatable bonds is 5. The summed E-state index contributed by atoms with van der Waals surface area (Å²) in [5, 5.41) is 6.57. The van der Waals surface area contributed by atoms with Gasteiger partial charge in [0.25, 0.3) is 0 Å². The van der Waals surface area contributed by atoms with Crippen LogP contribution in [-0.2, 0) is 19.4 Å². The van der Waals surface area contributed by atoms with Gasteiger partial charge < -0.3 is 0 Å². The van der Waals surface area contributed by atoms with Crippen LogP contribution in [0.1, 0.15) is 44.5 Å².